The van der Waals surface area contributed by atoms with Crippen molar-refractivity contribution in [2.75, 3.05) is 17.2 Å². The normalized spacial score (nSPS) is 19.6. The molecule has 0 aromatic heterocycles. The molecule has 1 N–H and O–H groups in total. The molecule has 2 rings (SSSR count). The van der Waals surface area contributed by atoms with Gasteiger partial charge in [-0.2, -0.15) is 8.42 Å². The Morgan fingerprint density at radius 3 is 2.75 bits per heavy atom. The van der Waals surface area contributed by atoms with E-state index in [1.54, 1.807) is 18.2 Å². The van der Waals surface area contributed by atoms with Crippen LogP contribution in [0.25, 0.3) is 0 Å². The lowest BCUT2D eigenvalue weighted by atomic mass is 10.1. The number of nitrogens with zero attached hydrogens (tertiary/aromatic N) is 1. The van der Waals surface area contributed by atoms with Crippen LogP contribution in [0.2, 0.25) is 0 Å². The highest BCUT2D eigenvalue weighted by atomic mass is 79.9. The van der Waals surface area contributed by atoms with Crippen LogP contribution >= 0.6 is 15.9 Å². The number of amides is 1. The molecule has 1 aromatic carbocycles. The number of halogens is 2. The molecule has 1 aromatic rings. The van der Waals surface area contributed by atoms with Gasteiger partial charge in [-0.1, -0.05) is 22.0 Å². The number of anilines is 1. The first-order valence-corrected chi connectivity index (χ1v) is 8.26. The standard InChI is InChI=1S/C12H13BrFNO4S/c13-10-2-1-9(6-16)11(4-10)15-5-8(3-12(15)17)7-20(14,18)19/h1-2,4,8,16H,3,5-7H2. The highest BCUT2D eigenvalue weighted by molar-refractivity contribution is 9.10. The molecule has 1 aliphatic rings. The quantitative estimate of drug-likeness (QED) is 0.822. The van der Waals surface area contributed by atoms with Crippen LogP contribution in [0.4, 0.5) is 9.57 Å². The molecule has 1 heterocycles. The SMILES string of the molecule is O=C1CC(CS(=O)(=O)F)CN1c1cc(Br)ccc1CO. The van der Waals surface area contributed by atoms with Crippen molar-refractivity contribution < 1.29 is 22.2 Å². The number of aliphatic hydroxyl groups excluding tert-OH is 1. The minimum absolute atomic E-state index is 0.0134. The summed E-state index contributed by atoms with van der Waals surface area (Å²) in [7, 11) is -4.60. The van der Waals surface area contributed by atoms with Crippen molar-refractivity contribution in [1.29, 1.82) is 0 Å². The van der Waals surface area contributed by atoms with Gasteiger partial charge in [0.25, 0.3) is 0 Å². The van der Waals surface area contributed by atoms with E-state index in [2.05, 4.69) is 15.9 Å². The van der Waals surface area contributed by atoms with Crippen LogP contribution < -0.4 is 4.90 Å². The monoisotopic (exact) mass is 365 g/mol. The van der Waals surface area contributed by atoms with E-state index < -0.39 is 21.9 Å². The van der Waals surface area contributed by atoms with E-state index in [1.165, 1.54) is 4.90 Å². The van der Waals surface area contributed by atoms with Gasteiger partial charge in [-0.3, -0.25) is 4.79 Å². The van der Waals surface area contributed by atoms with Crippen molar-refractivity contribution in [3.05, 3.63) is 28.2 Å². The van der Waals surface area contributed by atoms with Gasteiger partial charge in [0.2, 0.25) is 5.91 Å². The molecule has 1 unspecified atom stereocenters. The molecule has 1 amide bonds. The smallest absolute Gasteiger partial charge is 0.302 e. The van der Waals surface area contributed by atoms with Crippen molar-refractivity contribution in [3.63, 3.8) is 0 Å². The van der Waals surface area contributed by atoms with Gasteiger partial charge in [-0.25, -0.2) is 0 Å². The van der Waals surface area contributed by atoms with Crippen molar-refractivity contribution in [2.24, 2.45) is 5.92 Å². The molecule has 0 bridgehead atoms. The second-order valence-corrected chi connectivity index (χ2v) is 7.04. The molecule has 20 heavy (non-hydrogen) atoms. The third kappa shape index (κ3) is 3.56. The number of benzene rings is 1. The second-order valence-electron chi connectivity index (χ2n) is 4.71. The van der Waals surface area contributed by atoms with Crippen LogP contribution in [-0.2, 0) is 21.6 Å². The molecule has 0 aliphatic carbocycles. The van der Waals surface area contributed by atoms with Gasteiger partial charge in [0.05, 0.1) is 18.0 Å². The van der Waals surface area contributed by atoms with E-state index in [1.807, 2.05) is 0 Å². The Labute approximate surface area is 124 Å². The maximum Gasteiger partial charge on any atom is 0.302 e. The van der Waals surface area contributed by atoms with E-state index in [-0.39, 0.29) is 25.5 Å². The maximum absolute atomic E-state index is 12.7. The predicted octanol–water partition coefficient (Wildman–Crippen LogP) is 1.59. The summed E-state index contributed by atoms with van der Waals surface area (Å²) in [6, 6.07) is 5.08. The zero-order chi connectivity index (χ0) is 14.9. The third-order valence-corrected chi connectivity index (χ3v) is 4.51. The van der Waals surface area contributed by atoms with Crippen molar-refractivity contribution in [3.8, 4) is 0 Å². The summed E-state index contributed by atoms with van der Waals surface area (Å²) in [5, 5.41) is 9.30. The number of aliphatic hydroxyl groups is 1. The first-order chi connectivity index (χ1) is 9.30. The molecule has 5 nitrogen and oxygen atoms in total. The predicted molar refractivity (Wildman–Crippen MR) is 75.4 cm³/mol. The van der Waals surface area contributed by atoms with Gasteiger partial charge in [-0.05, 0) is 12.1 Å². The summed E-state index contributed by atoms with van der Waals surface area (Å²) in [5.74, 6) is -1.49. The fourth-order valence-electron chi connectivity index (χ4n) is 2.33. The van der Waals surface area contributed by atoms with Crippen LogP contribution in [0.1, 0.15) is 12.0 Å². The molecule has 8 heteroatoms. The average Bonchev–Trinajstić information content (AvgIpc) is 2.67. The van der Waals surface area contributed by atoms with Gasteiger partial charge in [0.1, 0.15) is 0 Å². The van der Waals surface area contributed by atoms with E-state index in [0.717, 1.165) is 4.47 Å². The zero-order valence-corrected chi connectivity index (χ0v) is 12.8. The second kappa shape index (κ2) is 5.79. The minimum atomic E-state index is -4.60. The fraction of sp³-hybridized carbons (Fsp3) is 0.417. The molecule has 1 saturated heterocycles. The highest BCUT2D eigenvalue weighted by Gasteiger charge is 2.34. The van der Waals surface area contributed by atoms with E-state index in [4.69, 9.17) is 0 Å². The number of hydrogen-bond acceptors (Lipinski definition) is 4. The van der Waals surface area contributed by atoms with Crippen molar-refractivity contribution in [1.82, 2.24) is 0 Å². The lowest BCUT2D eigenvalue weighted by Crippen LogP contribution is -2.26. The third-order valence-electron chi connectivity index (χ3n) is 3.15. The van der Waals surface area contributed by atoms with Gasteiger partial charge < -0.3 is 10.0 Å². The Hall–Kier alpha value is -0.990. The molecule has 1 aliphatic heterocycles. The first kappa shape index (κ1) is 15.4. The van der Waals surface area contributed by atoms with Gasteiger partial charge in [0.15, 0.2) is 0 Å². The van der Waals surface area contributed by atoms with Gasteiger partial charge >= 0.3 is 10.2 Å². The summed E-state index contributed by atoms with van der Waals surface area (Å²) in [6.45, 7) is -0.107. The lowest BCUT2D eigenvalue weighted by Gasteiger charge is -2.20. The number of hydrogen-bond donors (Lipinski definition) is 1. The number of rotatable bonds is 4. The van der Waals surface area contributed by atoms with Crippen LogP contribution in [0.3, 0.4) is 0 Å². The molecule has 0 radical (unpaired) electrons. The summed E-state index contributed by atoms with van der Waals surface area (Å²) in [4.78, 5) is 13.4. The minimum Gasteiger partial charge on any atom is -0.392 e. The molecular weight excluding hydrogens is 353 g/mol. The molecule has 0 saturated carbocycles. The highest BCUT2D eigenvalue weighted by Crippen LogP contribution is 2.31. The molecule has 0 spiro atoms. The Morgan fingerprint density at radius 2 is 2.15 bits per heavy atom. The Morgan fingerprint density at radius 1 is 1.45 bits per heavy atom. The molecule has 1 atom stereocenters. The van der Waals surface area contributed by atoms with Gasteiger partial charge in [0, 0.05) is 28.9 Å². The van der Waals surface area contributed by atoms with Crippen LogP contribution in [0, 0.1) is 5.92 Å². The zero-order valence-electron chi connectivity index (χ0n) is 10.4. The molecule has 110 valence electrons. The van der Waals surface area contributed by atoms with E-state index >= 15 is 0 Å². The Bertz CT molecular complexity index is 634. The summed E-state index contributed by atoms with van der Waals surface area (Å²) in [5.41, 5.74) is 1.08. The maximum atomic E-state index is 12.7. The summed E-state index contributed by atoms with van der Waals surface area (Å²) < 4.78 is 34.8. The van der Waals surface area contributed by atoms with E-state index in [9.17, 15) is 22.2 Å². The van der Waals surface area contributed by atoms with Crippen molar-refractivity contribution >= 4 is 37.7 Å². The average molecular weight is 366 g/mol. The summed E-state index contributed by atoms with van der Waals surface area (Å²) in [6.07, 6.45) is -0.0134. The summed E-state index contributed by atoms with van der Waals surface area (Å²) >= 11 is 3.28. The molecular formula is C12H13BrFNO4S. The van der Waals surface area contributed by atoms with E-state index in [0.29, 0.717) is 11.3 Å². The first-order valence-electron chi connectivity index (χ1n) is 5.92. The Balaban J connectivity index is 2.26. The largest absolute Gasteiger partial charge is 0.392 e. The lowest BCUT2D eigenvalue weighted by molar-refractivity contribution is -0.117. The van der Waals surface area contributed by atoms with Crippen LogP contribution in [-0.4, -0.2) is 31.7 Å². The van der Waals surface area contributed by atoms with Crippen LogP contribution in [0.5, 0.6) is 0 Å². The number of carbonyl (C=O) groups is 1. The van der Waals surface area contributed by atoms with Crippen molar-refractivity contribution in [2.45, 2.75) is 13.0 Å². The Kier molecular flexibility index (Phi) is 4.46. The van der Waals surface area contributed by atoms with Crippen LogP contribution in [0.15, 0.2) is 22.7 Å². The molecule has 1 fully saturated rings. The number of carbonyl (C=O) groups excluding carboxylic acids is 1. The van der Waals surface area contributed by atoms with Gasteiger partial charge in [-0.15, -0.1) is 3.89 Å². The fourth-order valence-corrected chi connectivity index (χ4v) is 3.46. The topological polar surface area (TPSA) is 74.7 Å².